The molecule has 13 heteroatoms. The van der Waals surface area contributed by atoms with Crippen LogP contribution in [-0.4, -0.2) is 85.6 Å². The number of amides is 3. The number of aryl methyl sites for hydroxylation is 1. The summed E-state index contributed by atoms with van der Waals surface area (Å²) in [4.78, 5) is 42.8. The van der Waals surface area contributed by atoms with Gasteiger partial charge in [-0.3, -0.25) is 14.4 Å². The summed E-state index contributed by atoms with van der Waals surface area (Å²) in [5.74, 6) is -3.48. The molecule has 6 rings (SSSR count). The Morgan fingerprint density at radius 2 is 1.66 bits per heavy atom. The van der Waals surface area contributed by atoms with Crippen LogP contribution in [0.4, 0.5) is 13.2 Å². The molecule has 3 aliphatic rings. The third-order valence-electron chi connectivity index (χ3n) is 9.85. The molecule has 3 aromatic rings. The number of ether oxygens (including phenoxy) is 3. The van der Waals surface area contributed by atoms with E-state index in [9.17, 15) is 27.6 Å². The molecule has 2 heterocycles. The van der Waals surface area contributed by atoms with E-state index in [1.165, 1.54) is 0 Å². The highest BCUT2D eigenvalue weighted by atomic mass is 19.2. The van der Waals surface area contributed by atoms with Crippen LogP contribution < -0.4 is 25.3 Å². The maximum Gasteiger partial charge on any atom is 0.252 e. The number of halogens is 3. The number of nitrogens with zero attached hydrogens (tertiary/aromatic N) is 2. The van der Waals surface area contributed by atoms with Crippen LogP contribution in [-0.2, 0) is 20.8 Å². The summed E-state index contributed by atoms with van der Waals surface area (Å²) in [6.07, 6.45) is 4.03. The Balaban J connectivity index is 1.19. The molecule has 1 aliphatic carbocycles. The predicted molar refractivity (Wildman–Crippen MR) is 192 cm³/mol. The molecule has 2 fully saturated rings. The number of methoxy groups -OCH3 is 1. The number of rotatable bonds is 17. The summed E-state index contributed by atoms with van der Waals surface area (Å²) in [6.45, 7) is 1.46. The van der Waals surface area contributed by atoms with E-state index in [1.54, 1.807) is 18.1 Å². The Morgan fingerprint density at radius 1 is 0.906 bits per heavy atom. The highest BCUT2D eigenvalue weighted by Crippen LogP contribution is 2.37. The predicted octanol–water partition coefficient (Wildman–Crippen LogP) is 5.18. The first-order chi connectivity index (χ1) is 25.6. The van der Waals surface area contributed by atoms with Gasteiger partial charge in [0.05, 0.1) is 26.3 Å². The van der Waals surface area contributed by atoms with Crippen molar-refractivity contribution in [1.82, 2.24) is 15.1 Å². The van der Waals surface area contributed by atoms with Crippen molar-refractivity contribution >= 4 is 23.3 Å². The van der Waals surface area contributed by atoms with Crippen LogP contribution in [0, 0.1) is 17.5 Å². The maximum atomic E-state index is 14.7. The van der Waals surface area contributed by atoms with E-state index in [0.717, 1.165) is 41.7 Å². The first-order valence-corrected chi connectivity index (χ1v) is 18.1. The van der Waals surface area contributed by atoms with Crippen LogP contribution in [0.25, 0.3) is 5.57 Å². The number of nitrogens with two attached hydrogens (primary N) is 1. The monoisotopic (exact) mass is 734 g/mol. The average molecular weight is 735 g/mol. The fourth-order valence-electron chi connectivity index (χ4n) is 7.05. The number of primary amides is 1. The minimum Gasteiger partial charge on any atom is -0.497 e. The zero-order chi connectivity index (χ0) is 37.5. The van der Waals surface area contributed by atoms with Gasteiger partial charge < -0.3 is 35.1 Å². The van der Waals surface area contributed by atoms with E-state index >= 15 is 0 Å². The summed E-state index contributed by atoms with van der Waals surface area (Å²) >= 11 is 0. The van der Waals surface area contributed by atoms with Crippen LogP contribution in [0.3, 0.4) is 0 Å². The molecule has 3 aromatic carbocycles. The lowest BCUT2D eigenvalue weighted by Crippen LogP contribution is -2.62. The molecule has 2 unspecified atom stereocenters. The van der Waals surface area contributed by atoms with Crippen LogP contribution in [0.5, 0.6) is 17.2 Å². The summed E-state index contributed by atoms with van der Waals surface area (Å²) in [5.41, 5.74) is 8.71. The van der Waals surface area contributed by atoms with E-state index in [0.29, 0.717) is 69.0 Å². The van der Waals surface area contributed by atoms with Crippen molar-refractivity contribution in [2.24, 2.45) is 5.73 Å². The molecule has 2 atom stereocenters. The van der Waals surface area contributed by atoms with Crippen molar-refractivity contribution in [3.8, 4) is 17.2 Å². The average Bonchev–Trinajstić information content (AvgIpc) is 4.00. The van der Waals surface area contributed by atoms with Gasteiger partial charge in [0.1, 0.15) is 18.1 Å². The number of hydrogen-bond acceptors (Lipinski definition) is 7. The van der Waals surface area contributed by atoms with Crippen molar-refractivity contribution in [2.45, 2.75) is 69.5 Å². The number of hydrogen-bond donors (Lipinski definition) is 2. The number of fused-ring (bicyclic) bond motifs is 2. The SMILES string of the molecule is COc1cccc(OCCN(C(=O)C2=C(c3ccc(CCCOc4c(F)ccc(F)c4F)cc3)CC3CN(C(=O)CCCC(N)=O)CC2N3)C2CC2)c1. The minimum atomic E-state index is -1.35. The van der Waals surface area contributed by atoms with Crippen LogP contribution in [0.15, 0.2) is 66.2 Å². The van der Waals surface area contributed by atoms with Gasteiger partial charge in [-0.05, 0) is 79.5 Å². The molecule has 0 aromatic heterocycles. The lowest BCUT2D eigenvalue weighted by atomic mass is 9.82. The largest absolute Gasteiger partial charge is 0.497 e. The van der Waals surface area contributed by atoms with E-state index < -0.39 is 35.2 Å². The number of nitrogens with one attached hydrogen (secondary N) is 1. The van der Waals surface area contributed by atoms with Crippen molar-refractivity contribution in [3.05, 3.63) is 94.8 Å². The van der Waals surface area contributed by atoms with Gasteiger partial charge in [-0.25, -0.2) is 8.78 Å². The lowest BCUT2D eigenvalue weighted by molar-refractivity contribution is -0.134. The molecule has 0 radical (unpaired) electrons. The minimum absolute atomic E-state index is 0.00579. The Morgan fingerprint density at radius 3 is 2.40 bits per heavy atom. The normalized spacial score (nSPS) is 18.1. The Bertz CT molecular complexity index is 1830. The third-order valence-corrected chi connectivity index (χ3v) is 9.85. The molecule has 3 amide bonds. The highest BCUT2D eigenvalue weighted by Gasteiger charge is 2.43. The van der Waals surface area contributed by atoms with Gasteiger partial charge in [-0.15, -0.1) is 0 Å². The molecule has 10 nitrogen and oxygen atoms in total. The first-order valence-electron chi connectivity index (χ1n) is 18.1. The van der Waals surface area contributed by atoms with E-state index in [2.05, 4.69) is 5.32 Å². The van der Waals surface area contributed by atoms with Gasteiger partial charge in [0.2, 0.25) is 17.6 Å². The second kappa shape index (κ2) is 17.2. The van der Waals surface area contributed by atoms with Gasteiger partial charge in [-0.1, -0.05) is 30.3 Å². The van der Waals surface area contributed by atoms with Crippen molar-refractivity contribution in [2.75, 3.05) is 40.0 Å². The quantitative estimate of drug-likeness (QED) is 0.145. The molecule has 2 aliphatic heterocycles. The molecule has 0 spiro atoms. The molecule has 1 saturated heterocycles. The first kappa shape index (κ1) is 37.7. The topological polar surface area (TPSA) is 123 Å². The zero-order valence-corrected chi connectivity index (χ0v) is 29.8. The van der Waals surface area contributed by atoms with Crippen LogP contribution >= 0.6 is 0 Å². The third kappa shape index (κ3) is 9.50. The smallest absolute Gasteiger partial charge is 0.252 e. The second-order valence-electron chi connectivity index (χ2n) is 13.7. The lowest BCUT2D eigenvalue weighted by Gasteiger charge is -2.45. The number of benzene rings is 3. The fraction of sp³-hybridized carbons (Fsp3) is 0.425. The molecule has 282 valence electrons. The maximum absolute atomic E-state index is 14.7. The van der Waals surface area contributed by atoms with Gasteiger partial charge in [0.15, 0.2) is 17.4 Å². The molecule has 53 heavy (non-hydrogen) atoms. The molecule has 3 N–H and O–H groups in total. The number of carbonyl (C=O) groups is 3. The van der Waals surface area contributed by atoms with Gasteiger partial charge in [-0.2, -0.15) is 4.39 Å². The molecule has 1 saturated carbocycles. The van der Waals surface area contributed by atoms with E-state index in [4.69, 9.17) is 19.9 Å². The van der Waals surface area contributed by atoms with Crippen molar-refractivity contribution in [1.29, 1.82) is 0 Å². The Hall–Kier alpha value is -5.04. The standard InChI is InChI=1S/C40H45F3N4O6/c1-51-29-6-2-7-30(22-29)52-20-18-47(28-14-15-28)40(50)37-31(21-27-23-46(24-34(37)45-27)36(49)9-3-8-35(44)48)26-12-10-25(11-13-26)5-4-19-53-39-33(42)17-16-32(41)38(39)43/h2,6-7,10-13,16-17,22,27-28,34,45H,3-5,8-9,14-15,18-21,23-24H2,1H3,(H2,44,48). The number of carbonyl (C=O) groups excluding carboxylic acids is 3. The molecular formula is C40H45F3N4O6. The van der Waals surface area contributed by atoms with Gasteiger partial charge in [0.25, 0.3) is 5.91 Å². The zero-order valence-electron chi connectivity index (χ0n) is 29.8. The summed E-state index contributed by atoms with van der Waals surface area (Å²) in [6, 6.07) is 16.4. The van der Waals surface area contributed by atoms with Crippen LogP contribution in [0.2, 0.25) is 0 Å². The van der Waals surface area contributed by atoms with Crippen molar-refractivity contribution in [3.63, 3.8) is 0 Å². The second-order valence-corrected chi connectivity index (χ2v) is 13.7. The summed E-state index contributed by atoms with van der Waals surface area (Å²) in [7, 11) is 1.59. The Kier molecular flexibility index (Phi) is 12.2. The Labute approximate surface area is 307 Å². The summed E-state index contributed by atoms with van der Waals surface area (Å²) < 4.78 is 58.0. The van der Waals surface area contributed by atoms with E-state index in [1.807, 2.05) is 47.4 Å². The van der Waals surface area contributed by atoms with Gasteiger partial charge in [0, 0.05) is 49.7 Å². The number of piperazine rings is 1. The van der Waals surface area contributed by atoms with E-state index in [-0.39, 0.29) is 43.3 Å². The van der Waals surface area contributed by atoms with Gasteiger partial charge >= 0.3 is 0 Å². The highest BCUT2D eigenvalue weighted by molar-refractivity contribution is 6.03. The molecular weight excluding hydrogens is 689 g/mol. The fourth-order valence-corrected chi connectivity index (χ4v) is 7.05. The van der Waals surface area contributed by atoms with Crippen LogP contribution in [0.1, 0.15) is 56.1 Å². The molecule has 2 bridgehead atoms. The van der Waals surface area contributed by atoms with Crippen molar-refractivity contribution < 1.29 is 41.8 Å². The summed E-state index contributed by atoms with van der Waals surface area (Å²) in [5, 5.41) is 3.61.